The summed E-state index contributed by atoms with van der Waals surface area (Å²) in [5.41, 5.74) is 0.167. The lowest BCUT2D eigenvalue weighted by molar-refractivity contribution is -0.142. The zero-order valence-electron chi connectivity index (χ0n) is 20.9. The number of nitrogens with one attached hydrogen (secondary N) is 1. The van der Waals surface area contributed by atoms with Crippen LogP contribution >= 0.6 is 0 Å². The first-order chi connectivity index (χ1) is 15.5. The van der Waals surface area contributed by atoms with Gasteiger partial charge in [-0.05, 0) is 49.9 Å². The van der Waals surface area contributed by atoms with Gasteiger partial charge >= 0.3 is 0 Å². The Hall–Kier alpha value is -1.93. The molecule has 0 radical (unpaired) electrons. The molecule has 8 heteroatoms. The van der Waals surface area contributed by atoms with Crippen LogP contribution in [0.1, 0.15) is 73.1 Å². The first-order valence-corrected chi connectivity index (χ1v) is 13.6. The van der Waals surface area contributed by atoms with E-state index in [1.165, 1.54) is 0 Å². The summed E-state index contributed by atoms with van der Waals surface area (Å²) in [5.74, 6) is -0.123. The second-order valence-electron chi connectivity index (χ2n) is 9.94. The van der Waals surface area contributed by atoms with Crippen molar-refractivity contribution < 1.29 is 18.0 Å². The number of likely N-dealkylation sites (tertiary alicyclic amines) is 1. The lowest BCUT2D eigenvalue weighted by Crippen LogP contribution is -2.45. The Balaban J connectivity index is 1.98. The molecule has 0 aromatic heterocycles. The number of rotatable bonds is 10. The Labute approximate surface area is 200 Å². The fourth-order valence-corrected chi connectivity index (χ4v) is 5.46. The van der Waals surface area contributed by atoms with E-state index >= 15 is 0 Å². The molecule has 2 rings (SSSR count). The highest BCUT2D eigenvalue weighted by Gasteiger charge is 2.32. The van der Waals surface area contributed by atoms with E-state index in [0.29, 0.717) is 44.7 Å². The van der Waals surface area contributed by atoms with Crippen LogP contribution in [-0.4, -0.2) is 55.6 Å². The number of benzene rings is 1. The van der Waals surface area contributed by atoms with Gasteiger partial charge in [0.2, 0.25) is 21.8 Å². The third-order valence-corrected chi connectivity index (χ3v) is 7.99. The van der Waals surface area contributed by atoms with Gasteiger partial charge in [0, 0.05) is 43.2 Å². The largest absolute Gasteiger partial charge is 0.342 e. The number of hydrogen-bond acceptors (Lipinski definition) is 4. The normalized spacial score (nSPS) is 15.6. The fourth-order valence-electron chi connectivity index (χ4n) is 3.94. The molecule has 1 aromatic rings. The highest BCUT2D eigenvalue weighted by atomic mass is 32.2. The van der Waals surface area contributed by atoms with Gasteiger partial charge in [-0.25, -0.2) is 8.42 Å². The van der Waals surface area contributed by atoms with Crippen molar-refractivity contribution in [2.45, 2.75) is 78.0 Å². The summed E-state index contributed by atoms with van der Waals surface area (Å²) in [7, 11) is -3.55. The predicted molar refractivity (Wildman–Crippen MR) is 132 cm³/mol. The Bertz CT molecular complexity index is 875. The standard InChI is InChI=1S/C25H41N3O4S/c1-6-8-16-28(17-9-7-2)33(31,32)22-12-10-21(11-13-22)26-23(29)20-14-18-27(19-15-20)24(30)25(3,4)5/h10-13,20H,6-9,14-19H2,1-5H3,(H,26,29). The van der Waals surface area contributed by atoms with Crippen LogP contribution in [0.15, 0.2) is 29.2 Å². The molecule has 0 bridgehead atoms. The van der Waals surface area contributed by atoms with Gasteiger partial charge in [-0.1, -0.05) is 47.5 Å². The molecule has 1 saturated heterocycles. The number of amides is 2. The first-order valence-electron chi connectivity index (χ1n) is 12.2. The van der Waals surface area contributed by atoms with Crippen molar-refractivity contribution in [3.05, 3.63) is 24.3 Å². The maximum absolute atomic E-state index is 13.1. The van der Waals surface area contributed by atoms with Gasteiger partial charge in [-0.15, -0.1) is 0 Å². The van der Waals surface area contributed by atoms with E-state index < -0.39 is 15.4 Å². The number of hydrogen-bond donors (Lipinski definition) is 1. The Morgan fingerprint density at radius 2 is 1.52 bits per heavy atom. The van der Waals surface area contributed by atoms with Gasteiger partial charge in [-0.3, -0.25) is 9.59 Å². The van der Waals surface area contributed by atoms with Crippen molar-refractivity contribution in [2.75, 3.05) is 31.5 Å². The highest BCUT2D eigenvalue weighted by Crippen LogP contribution is 2.25. The number of nitrogens with zero attached hydrogens (tertiary/aromatic N) is 2. The fraction of sp³-hybridized carbons (Fsp3) is 0.680. The van der Waals surface area contributed by atoms with Gasteiger partial charge in [0.25, 0.3) is 0 Å². The predicted octanol–water partition coefficient (Wildman–Crippen LogP) is 4.50. The topological polar surface area (TPSA) is 86.8 Å². The number of sulfonamides is 1. The van der Waals surface area contributed by atoms with E-state index in [9.17, 15) is 18.0 Å². The number of anilines is 1. The van der Waals surface area contributed by atoms with Crippen LogP contribution in [0.3, 0.4) is 0 Å². The minimum atomic E-state index is -3.55. The zero-order chi connectivity index (χ0) is 24.6. The molecular formula is C25H41N3O4S. The summed E-state index contributed by atoms with van der Waals surface area (Å²) in [6.45, 7) is 12.0. The second kappa shape index (κ2) is 12.0. The van der Waals surface area contributed by atoms with Crippen LogP contribution in [0.25, 0.3) is 0 Å². The molecule has 0 aliphatic carbocycles. The van der Waals surface area contributed by atoms with E-state index in [1.807, 2.05) is 39.5 Å². The van der Waals surface area contributed by atoms with E-state index in [-0.39, 0.29) is 22.6 Å². The molecule has 1 fully saturated rings. The molecular weight excluding hydrogens is 438 g/mol. The van der Waals surface area contributed by atoms with E-state index in [4.69, 9.17) is 0 Å². The summed E-state index contributed by atoms with van der Waals surface area (Å²) in [6.07, 6.45) is 4.79. The average molecular weight is 480 g/mol. The van der Waals surface area contributed by atoms with Crippen LogP contribution in [0.4, 0.5) is 5.69 Å². The van der Waals surface area contributed by atoms with Crippen molar-refractivity contribution in [3.63, 3.8) is 0 Å². The molecule has 0 unspecified atom stereocenters. The molecule has 0 atom stereocenters. The van der Waals surface area contributed by atoms with Crippen molar-refractivity contribution in [1.82, 2.24) is 9.21 Å². The van der Waals surface area contributed by atoms with Gasteiger partial charge in [0.15, 0.2) is 0 Å². The van der Waals surface area contributed by atoms with Crippen molar-refractivity contribution in [2.24, 2.45) is 11.3 Å². The number of carbonyl (C=O) groups is 2. The number of piperidine rings is 1. The first kappa shape index (κ1) is 27.3. The molecule has 1 N–H and O–H groups in total. The smallest absolute Gasteiger partial charge is 0.243 e. The summed E-state index contributed by atoms with van der Waals surface area (Å²) >= 11 is 0. The van der Waals surface area contributed by atoms with Crippen molar-refractivity contribution >= 4 is 27.5 Å². The monoisotopic (exact) mass is 479 g/mol. The lowest BCUT2D eigenvalue weighted by atomic mass is 9.90. The van der Waals surface area contributed by atoms with E-state index in [1.54, 1.807) is 28.6 Å². The highest BCUT2D eigenvalue weighted by molar-refractivity contribution is 7.89. The molecule has 186 valence electrons. The molecule has 2 amide bonds. The molecule has 1 heterocycles. The zero-order valence-corrected chi connectivity index (χ0v) is 21.7. The molecule has 7 nitrogen and oxygen atoms in total. The number of unbranched alkanes of at least 4 members (excludes halogenated alkanes) is 2. The number of carbonyl (C=O) groups excluding carboxylic acids is 2. The molecule has 1 aliphatic rings. The lowest BCUT2D eigenvalue weighted by Gasteiger charge is -2.35. The van der Waals surface area contributed by atoms with E-state index in [2.05, 4.69) is 5.32 Å². The molecule has 1 aliphatic heterocycles. The molecule has 0 spiro atoms. The third kappa shape index (κ3) is 7.54. The molecule has 1 aromatic carbocycles. The van der Waals surface area contributed by atoms with Gasteiger partial charge in [0.05, 0.1) is 4.90 Å². The van der Waals surface area contributed by atoms with Crippen LogP contribution < -0.4 is 5.32 Å². The average Bonchev–Trinajstić information content (AvgIpc) is 2.78. The Morgan fingerprint density at radius 3 is 1.97 bits per heavy atom. The van der Waals surface area contributed by atoms with Gasteiger partial charge < -0.3 is 10.2 Å². The summed E-state index contributed by atoms with van der Waals surface area (Å²) < 4.78 is 27.7. The third-order valence-electron chi connectivity index (χ3n) is 6.08. The second-order valence-corrected chi connectivity index (χ2v) is 11.9. The van der Waals surface area contributed by atoms with E-state index in [0.717, 1.165) is 25.7 Å². The maximum atomic E-state index is 13.1. The SMILES string of the molecule is CCCCN(CCCC)S(=O)(=O)c1ccc(NC(=O)C2CCN(C(=O)C(C)(C)C)CC2)cc1. The molecule has 33 heavy (non-hydrogen) atoms. The minimum absolute atomic E-state index is 0.0824. The van der Waals surface area contributed by atoms with Crippen LogP contribution in [-0.2, 0) is 19.6 Å². The van der Waals surface area contributed by atoms with Gasteiger partial charge in [0.1, 0.15) is 0 Å². The Morgan fingerprint density at radius 1 is 1.00 bits per heavy atom. The Kier molecular flexibility index (Phi) is 9.91. The maximum Gasteiger partial charge on any atom is 0.243 e. The van der Waals surface area contributed by atoms with Crippen LogP contribution in [0, 0.1) is 11.3 Å². The molecule has 0 saturated carbocycles. The quantitative estimate of drug-likeness (QED) is 0.535. The summed E-state index contributed by atoms with van der Waals surface area (Å²) in [4.78, 5) is 27.3. The summed E-state index contributed by atoms with van der Waals surface area (Å²) in [6, 6.07) is 6.45. The van der Waals surface area contributed by atoms with Crippen LogP contribution in [0.2, 0.25) is 0 Å². The van der Waals surface area contributed by atoms with Gasteiger partial charge in [-0.2, -0.15) is 4.31 Å². The summed E-state index contributed by atoms with van der Waals surface area (Å²) in [5, 5.41) is 2.91. The van der Waals surface area contributed by atoms with Crippen molar-refractivity contribution in [1.29, 1.82) is 0 Å². The minimum Gasteiger partial charge on any atom is -0.342 e. The van der Waals surface area contributed by atoms with Crippen LogP contribution in [0.5, 0.6) is 0 Å². The van der Waals surface area contributed by atoms with Crippen molar-refractivity contribution in [3.8, 4) is 0 Å².